The monoisotopic (exact) mass is 279 g/mol. The van der Waals surface area contributed by atoms with Crippen LogP contribution in [-0.4, -0.2) is 26.1 Å². The molecule has 104 valence electrons. The molecule has 1 aromatic heterocycles. The number of rotatable bonds is 4. The summed E-state index contributed by atoms with van der Waals surface area (Å²) in [5.74, 6) is -1.05. The molecule has 3 aromatic rings. The van der Waals surface area contributed by atoms with Crippen molar-refractivity contribution in [2.75, 3.05) is 0 Å². The average molecular weight is 279 g/mol. The van der Waals surface area contributed by atoms with E-state index in [-0.39, 0.29) is 5.69 Å². The van der Waals surface area contributed by atoms with Crippen LogP contribution in [0.2, 0.25) is 0 Å². The molecular formula is C16H13N3O2. The Kier molecular flexibility index (Phi) is 3.47. The number of aromatic nitrogens is 3. The van der Waals surface area contributed by atoms with Crippen molar-refractivity contribution >= 4 is 5.97 Å². The van der Waals surface area contributed by atoms with E-state index < -0.39 is 5.97 Å². The molecule has 3 rings (SSSR count). The van der Waals surface area contributed by atoms with Crippen molar-refractivity contribution in [3.8, 4) is 5.69 Å². The average Bonchev–Trinajstić information content (AvgIpc) is 2.98. The van der Waals surface area contributed by atoms with Crippen molar-refractivity contribution in [1.82, 2.24) is 15.0 Å². The van der Waals surface area contributed by atoms with Gasteiger partial charge in [-0.05, 0) is 23.6 Å². The first-order chi connectivity index (χ1) is 10.3. The number of benzene rings is 2. The quantitative estimate of drug-likeness (QED) is 0.797. The van der Waals surface area contributed by atoms with Crippen LogP contribution < -0.4 is 0 Å². The molecule has 0 unspecified atom stereocenters. The second-order valence-corrected chi connectivity index (χ2v) is 4.63. The van der Waals surface area contributed by atoms with Gasteiger partial charge in [0.1, 0.15) is 0 Å². The molecule has 5 nitrogen and oxygen atoms in total. The van der Waals surface area contributed by atoms with Gasteiger partial charge in [-0.1, -0.05) is 53.7 Å². The van der Waals surface area contributed by atoms with Crippen molar-refractivity contribution in [2.45, 2.75) is 6.42 Å². The summed E-state index contributed by atoms with van der Waals surface area (Å²) in [5.41, 5.74) is 2.94. The highest BCUT2D eigenvalue weighted by Gasteiger charge is 2.15. The second-order valence-electron chi connectivity index (χ2n) is 4.63. The van der Waals surface area contributed by atoms with Crippen LogP contribution in [0.15, 0.2) is 60.8 Å². The Balaban J connectivity index is 2.04. The van der Waals surface area contributed by atoms with E-state index in [0.29, 0.717) is 6.42 Å². The van der Waals surface area contributed by atoms with Gasteiger partial charge in [0.05, 0.1) is 11.9 Å². The van der Waals surface area contributed by atoms with Gasteiger partial charge in [-0.3, -0.25) is 0 Å². The zero-order valence-corrected chi connectivity index (χ0v) is 11.2. The van der Waals surface area contributed by atoms with Crippen LogP contribution in [0.1, 0.15) is 21.6 Å². The highest BCUT2D eigenvalue weighted by molar-refractivity contribution is 5.85. The van der Waals surface area contributed by atoms with E-state index in [0.717, 1.165) is 16.8 Å². The molecule has 0 spiro atoms. The lowest BCUT2D eigenvalue weighted by Gasteiger charge is -2.10. The van der Waals surface area contributed by atoms with Crippen molar-refractivity contribution in [3.05, 3.63) is 77.6 Å². The third-order valence-electron chi connectivity index (χ3n) is 3.23. The zero-order valence-electron chi connectivity index (χ0n) is 11.2. The first-order valence-corrected chi connectivity index (χ1v) is 6.52. The van der Waals surface area contributed by atoms with Gasteiger partial charge in [0.2, 0.25) is 0 Å². The van der Waals surface area contributed by atoms with Gasteiger partial charge in [0, 0.05) is 0 Å². The number of carboxylic acid groups (broad SMARTS) is 1. The number of carboxylic acids is 1. The molecular weight excluding hydrogens is 266 g/mol. The fraction of sp³-hybridized carbons (Fsp3) is 0.0625. The molecule has 0 saturated heterocycles. The third kappa shape index (κ3) is 2.67. The molecule has 1 heterocycles. The number of aromatic carboxylic acids is 1. The smallest absolute Gasteiger partial charge is 0.356 e. The maximum absolute atomic E-state index is 11.2. The fourth-order valence-corrected chi connectivity index (χ4v) is 2.24. The van der Waals surface area contributed by atoms with Gasteiger partial charge in [-0.25, -0.2) is 9.48 Å². The van der Waals surface area contributed by atoms with Crippen molar-refractivity contribution in [1.29, 1.82) is 0 Å². The van der Waals surface area contributed by atoms with Crippen LogP contribution >= 0.6 is 0 Å². The standard InChI is InChI=1S/C16H13N3O2/c20-16(21)15-11-17-18-19(15)14-9-5-4-8-13(14)10-12-6-2-1-3-7-12/h1-9,11H,10H2,(H,20,21). The Labute approximate surface area is 121 Å². The number of hydrogen-bond acceptors (Lipinski definition) is 3. The Morgan fingerprint density at radius 3 is 2.52 bits per heavy atom. The summed E-state index contributed by atoms with van der Waals surface area (Å²) in [6, 6.07) is 17.6. The summed E-state index contributed by atoms with van der Waals surface area (Å²) in [6.45, 7) is 0. The minimum absolute atomic E-state index is 0.0514. The molecule has 5 heteroatoms. The van der Waals surface area contributed by atoms with Gasteiger partial charge in [-0.2, -0.15) is 0 Å². The van der Waals surface area contributed by atoms with Crippen LogP contribution in [0.25, 0.3) is 5.69 Å². The summed E-state index contributed by atoms with van der Waals surface area (Å²) in [6.07, 6.45) is 1.96. The lowest BCUT2D eigenvalue weighted by molar-refractivity contribution is 0.0687. The van der Waals surface area contributed by atoms with E-state index in [1.54, 1.807) is 0 Å². The molecule has 1 N–H and O–H groups in total. The van der Waals surface area contributed by atoms with E-state index in [9.17, 15) is 9.90 Å². The molecule has 2 aromatic carbocycles. The number of para-hydroxylation sites is 1. The first-order valence-electron chi connectivity index (χ1n) is 6.52. The molecule has 0 aliphatic rings. The van der Waals surface area contributed by atoms with Crippen molar-refractivity contribution in [2.24, 2.45) is 0 Å². The van der Waals surface area contributed by atoms with Gasteiger partial charge in [0.25, 0.3) is 0 Å². The first kappa shape index (κ1) is 13.1. The molecule has 0 aliphatic heterocycles. The van der Waals surface area contributed by atoms with Crippen LogP contribution in [0.5, 0.6) is 0 Å². The number of hydrogen-bond donors (Lipinski definition) is 1. The molecule has 21 heavy (non-hydrogen) atoms. The molecule has 0 radical (unpaired) electrons. The zero-order chi connectivity index (χ0) is 14.7. The van der Waals surface area contributed by atoms with Gasteiger partial charge in [-0.15, -0.1) is 5.10 Å². The molecule has 0 atom stereocenters. The lowest BCUT2D eigenvalue weighted by Crippen LogP contribution is -2.10. The van der Waals surface area contributed by atoms with E-state index in [2.05, 4.69) is 10.3 Å². The summed E-state index contributed by atoms with van der Waals surface area (Å²) in [7, 11) is 0. The fourth-order valence-electron chi connectivity index (χ4n) is 2.24. The normalized spacial score (nSPS) is 10.5. The van der Waals surface area contributed by atoms with Gasteiger partial charge in [0.15, 0.2) is 5.69 Å². The Hall–Kier alpha value is -2.95. The van der Waals surface area contributed by atoms with Crippen LogP contribution in [0.4, 0.5) is 0 Å². The van der Waals surface area contributed by atoms with Crippen LogP contribution in [0, 0.1) is 0 Å². The molecule has 0 fully saturated rings. The predicted molar refractivity (Wildman–Crippen MR) is 77.6 cm³/mol. The Morgan fingerprint density at radius 1 is 1.05 bits per heavy atom. The topological polar surface area (TPSA) is 68.0 Å². The van der Waals surface area contributed by atoms with E-state index in [4.69, 9.17) is 0 Å². The molecule has 0 aliphatic carbocycles. The van der Waals surface area contributed by atoms with Crippen molar-refractivity contribution < 1.29 is 9.90 Å². The Bertz CT molecular complexity index is 766. The highest BCUT2D eigenvalue weighted by atomic mass is 16.4. The number of nitrogens with zero attached hydrogens (tertiary/aromatic N) is 3. The summed E-state index contributed by atoms with van der Waals surface area (Å²) in [5, 5.41) is 16.8. The SMILES string of the molecule is O=C(O)c1cnnn1-c1ccccc1Cc1ccccc1. The third-order valence-corrected chi connectivity index (χ3v) is 3.23. The van der Waals surface area contributed by atoms with Gasteiger partial charge < -0.3 is 5.11 Å². The summed E-state index contributed by atoms with van der Waals surface area (Å²) in [4.78, 5) is 11.2. The second kappa shape index (κ2) is 5.58. The van der Waals surface area contributed by atoms with Gasteiger partial charge >= 0.3 is 5.97 Å². The van der Waals surface area contributed by atoms with E-state index in [1.807, 2.05) is 54.6 Å². The minimum atomic E-state index is -1.05. The maximum atomic E-state index is 11.2. The maximum Gasteiger partial charge on any atom is 0.356 e. The Morgan fingerprint density at radius 2 is 1.76 bits per heavy atom. The van der Waals surface area contributed by atoms with E-state index >= 15 is 0 Å². The molecule has 0 saturated carbocycles. The summed E-state index contributed by atoms with van der Waals surface area (Å²) < 4.78 is 1.36. The minimum Gasteiger partial charge on any atom is -0.476 e. The summed E-state index contributed by atoms with van der Waals surface area (Å²) >= 11 is 0. The van der Waals surface area contributed by atoms with E-state index in [1.165, 1.54) is 10.9 Å². The van der Waals surface area contributed by atoms with Crippen molar-refractivity contribution in [3.63, 3.8) is 0 Å². The molecule has 0 amide bonds. The highest BCUT2D eigenvalue weighted by Crippen LogP contribution is 2.19. The molecule has 0 bridgehead atoms. The van der Waals surface area contributed by atoms with Crippen LogP contribution in [0.3, 0.4) is 0 Å². The predicted octanol–water partition coefficient (Wildman–Crippen LogP) is 2.56. The largest absolute Gasteiger partial charge is 0.476 e. The number of carbonyl (C=O) groups is 1. The van der Waals surface area contributed by atoms with Crippen LogP contribution in [-0.2, 0) is 6.42 Å². The lowest BCUT2D eigenvalue weighted by atomic mass is 10.0.